The van der Waals surface area contributed by atoms with Crippen molar-refractivity contribution < 1.29 is 14.7 Å². The van der Waals surface area contributed by atoms with Gasteiger partial charge in [-0.05, 0) is 52.6 Å². The van der Waals surface area contributed by atoms with Gasteiger partial charge in [0.25, 0.3) is 5.91 Å². The van der Waals surface area contributed by atoms with Gasteiger partial charge in [0.15, 0.2) is 5.76 Å². The number of carbonyl (C=O) groups is 2. The van der Waals surface area contributed by atoms with Gasteiger partial charge in [-0.15, -0.1) is 11.3 Å². The Morgan fingerprint density at radius 3 is 2.34 bits per heavy atom. The van der Waals surface area contributed by atoms with E-state index in [-0.39, 0.29) is 16.8 Å². The summed E-state index contributed by atoms with van der Waals surface area (Å²) >= 11 is 7.62. The Hall–Kier alpha value is -2.89. The van der Waals surface area contributed by atoms with Gasteiger partial charge in [-0.3, -0.25) is 14.5 Å². The zero-order chi connectivity index (χ0) is 23.2. The van der Waals surface area contributed by atoms with Crippen molar-refractivity contribution in [3.8, 4) is 0 Å². The van der Waals surface area contributed by atoms with Crippen LogP contribution in [0.25, 0.3) is 0 Å². The zero-order valence-electron chi connectivity index (χ0n) is 18.3. The van der Waals surface area contributed by atoms with Gasteiger partial charge in [0, 0.05) is 10.7 Å². The number of anilines is 1. The second kappa shape index (κ2) is 8.23. The number of ketones is 1. The smallest absolute Gasteiger partial charge is 0.294 e. The first-order valence-corrected chi connectivity index (χ1v) is 11.6. The van der Waals surface area contributed by atoms with Crippen LogP contribution in [0.3, 0.4) is 0 Å². The van der Waals surface area contributed by atoms with E-state index in [4.69, 9.17) is 11.6 Å². The van der Waals surface area contributed by atoms with Crippen molar-refractivity contribution in [1.29, 1.82) is 0 Å². The van der Waals surface area contributed by atoms with E-state index in [1.807, 2.05) is 31.2 Å². The molecule has 0 saturated carbocycles. The highest BCUT2D eigenvalue weighted by Gasteiger charge is 2.45. The summed E-state index contributed by atoms with van der Waals surface area (Å²) in [5, 5.41) is 13.2. The summed E-state index contributed by atoms with van der Waals surface area (Å²) < 4.78 is 0. The molecule has 0 fully saturated rings. The van der Waals surface area contributed by atoms with Gasteiger partial charge in [0.05, 0.1) is 16.5 Å². The van der Waals surface area contributed by atoms with E-state index in [1.54, 1.807) is 35.7 Å². The molecule has 2 heterocycles. The van der Waals surface area contributed by atoms with Crippen molar-refractivity contribution in [3.63, 3.8) is 0 Å². The van der Waals surface area contributed by atoms with E-state index < -0.39 is 17.7 Å². The highest BCUT2D eigenvalue weighted by Crippen LogP contribution is 2.44. The van der Waals surface area contributed by atoms with Crippen molar-refractivity contribution in [2.45, 2.75) is 39.2 Å². The van der Waals surface area contributed by atoms with Crippen LogP contribution in [0.5, 0.6) is 0 Å². The maximum Gasteiger partial charge on any atom is 0.294 e. The summed E-state index contributed by atoms with van der Waals surface area (Å²) in [4.78, 5) is 28.6. The van der Waals surface area contributed by atoms with Gasteiger partial charge in [0.2, 0.25) is 5.78 Å². The van der Waals surface area contributed by atoms with Crippen molar-refractivity contribution >= 4 is 40.3 Å². The molecule has 32 heavy (non-hydrogen) atoms. The largest absolute Gasteiger partial charge is 0.503 e. The Morgan fingerprint density at radius 2 is 1.75 bits per heavy atom. The SMILES string of the molecule is Cc1c(Cl)cccc1N1C(=O)C(O)=C(C(=O)c2cccs2)C1c1ccc(C(C)(C)C)cc1. The van der Waals surface area contributed by atoms with Crippen molar-refractivity contribution in [1.82, 2.24) is 0 Å². The number of halogens is 1. The monoisotopic (exact) mass is 465 g/mol. The molecule has 1 unspecified atom stereocenters. The normalized spacial score (nSPS) is 16.7. The third-order valence-electron chi connectivity index (χ3n) is 5.79. The second-order valence-electron chi connectivity index (χ2n) is 8.90. The lowest BCUT2D eigenvalue weighted by Gasteiger charge is -2.29. The first-order valence-electron chi connectivity index (χ1n) is 10.3. The third-order valence-corrected chi connectivity index (χ3v) is 7.07. The molecule has 2 aromatic carbocycles. The molecule has 0 bridgehead atoms. The van der Waals surface area contributed by atoms with Crippen molar-refractivity contribution in [2.75, 3.05) is 4.90 Å². The molecular weight excluding hydrogens is 442 g/mol. The second-order valence-corrected chi connectivity index (χ2v) is 10.3. The lowest BCUT2D eigenvalue weighted by Crippen LogP contribution is -2.31. The summed E-state index contributed by atoms with van der Waals surface area (Å²) in [7, 11) is 0. The van der Waals surface area contributed by atoms with Crippen molar-refractivity contribution in [3.05, 3.63) is 97.9 Å². The minimum absolute atomic E-state index is 0.0408. The van der Waals surface area contributed by atoms with E-state index in [1.165, 1.54) is 16.2 Å². The lowest BCUT2D eigenvalue weighted by atomic mass is 9.85. The first-order chi connectivity index (χ1) is 15.1. The molecule has 0 radical (unpaired) electrons. The Morgan fingerprint density at radius 1 is 1.06 bits per heavy atom. The van der Waals surface area contributed by atoms with Crippen LogP contribution in [0.1, 0.15) is 53.2 Å². The molecule has 4 rings (SSSR count). The van der Waals surface area contributed by atoms with E-state index in [2.05, 4.69) is 20.8 Å². The van der Waals surface area contributed by atoms with Gasteiger partial charge in [0.1, 0.15) is 0 Å². The van der Waals surface area contributed by atoms with Gasteiger partial charge in [-0.25, -0.2) is 0 Å². The number of hydrogen-bond acceptors (Lipinski definition) is 4. The fraction of sp³-hybridized carbons (Fsp3) is 0.231. The van der Waals surface area contributed by atoms with E-state index >= 15 is 0 Å². The maximum atomic E-state index is 13.4. The molecule has 0 aliphatic carbocycles. The molecule has 1 atom stereocenters. The van der Waals surface area contributed by atoms with Crippen LogP contribution >= 0.6 is 22.9 Å². The summed E-state index contributed by atoms with van der Waals surface area (Å²) in [6.07, 6.45) is 0. The fourth-order valence-electron chi connectivity index (χ4n) is 3.96. The van der Waals surface area contributed by atoms with Gasteiger partial charge in [-0.1, -0.05) is 68.8 Å². The van der Waals surface area contributed by atoms with Crippen LogP contribution in [-0.2, 0) is 10.2 Å². The van der Waals surface area contributed by atoms with Crippen LogP contribution in [0.2, 0.25) is 5.02 Å². The predicted molar refractivity (Wildman–Crippen MR) is 130 cm³/mol. The molecule has 0 saturated heterocycles. The molecule has 1 N–H and O–H groups in total. The number of hydrogen-bond donors (Lipinski definition) is 1. The summed E-state index contributed by atoms with van der Waals surface area (Å²) in [6, 6.07) is 15.9. The molecule has 1 aliphatic heterocycles. The average molecular weight is 466 g/mol. The van der Waals surface area contributed by atoms with Crippen LogP contribution in [0.15, 0.2) is 71.3 Å². The molecular formula is C26H24ClNO3S. The van der Waals surface area contributed by atoms with Gasteiger partial charge in [-0.2, -0.15) is 0 Å². The van der Waals surface area contributed by atoms with E-state index in [9.17, 15) is 14.7 Å². The Bertz CT molecular complexity index is 1220. The lowest BCUT2D eigenvalue weighted by molar-refractivity contribution is -0.117. The first kappa shape index (κ1) is 22.3. The number of rotatable bonds is 4. The number of nitrogens with zero attached hydrogens (tertiary/aromatic N) is 1. The summed E-state index contributed by atoms with van der Waals surface area (Å²) in [5.74, 6) is -1.48. The molecule has 0 spiro atoms. The number of aliphatic hydroxyl groups excluding tert-OH is 1. The number of amides is 1. The molecule has 164 valence electrons. The van der Waals surface area contributed by atoms with Gasteiger partial charge < -0.3 is 5.11 Å². The molecule has 4 nitrogen and oxygen atoms in total. The predicted octanol–water partition coefficient (Wildman–Crippen LogP) is 6.79. The number of Topliss-reactive ketones (excluding diaryl/α,β-unsaturated/α-hetero) is 1. The molecule has 3 aromatic rings. The maximum absolute atomic E-state index is 13.4. The number of benzene rings is 2. The number of aliphatic hydroxyl groups is 1. The Labute approximate surface area is 196 Å². The molecule has 1 aromatic heterocycles. The number of thiophene rings is 1. The highest BCUT2D eigenvalue weighted by atomic mass is 35.5. The standard InChI is InChI=1S/C26H24ClNO3S/c1-15-18(27)7-5-8-19(15)28-22(16-10-12-17(13-11-16)26(2,3)4)21(24(30)25(28)31)23(29)20-9-6-14-32-20/h5-14,22,30H,1-4H3. The van der Waals surface area contributed by atoms with Crippen LogP contribution in [-0.4, -0.2) is 16.8 Å². The van der Waals surface area contributed by atoms with Crippen LogP contribution < -0.4 is 4.90 Å². The van der Waals surface area contributed by atoms with Gasteiger partial charge >= 0.3 is 0 Å². The average Bonchev–Trinajstić information content (AvgIpc) is 3.37. The van der Waals surface area contributed by atoms with E-state index in [0.717, 1.165) is 11.1 Å². The van der Waals surface area contributed by atoms with Crippen LogP contribution in [0.4, 0.5) is 5.69 Å². The van der Waals surface area contributed by atoms with E-state index in [0.29, 0.717) is 21.2 Å². The topological polar surface area (TPSA) is 57.6 Å². The summed E-state index contributed by atoms with van der Waals surface area (Å²) in [6.45, 7) is 8.20. The molecule has 6 heteroatoms. The van der Waals surface area contributed by atoms with Crippen molar-refractivity contribution in [2.24, 2.45) is 0 Å². The quantitative estimate of drug-likeness (QED) is 0.431. The molecule has 1 aliphatic rings. The summed E-state index contributed by atoms with van der Waals surface area (Å²) in [5.41, 5.74) is 3.19. The minimum Gasteiger partial charge on any atom is -0.503 e. The Balaban J connectivity index is 1.90. The van der Waals surface area contributed by atoms with Crippen LogP contribution in [0, 0.1) is 6.92 Å². The minimum atomic E-state index is -0.761. The third kappa shape index (κ3) is 3.76. The number of carbonyl (C=O) groups excluding carboxylic acids is 2. The molecule has 1 amide bonds. The fourth-order valence-corrected chi connectivity index (χ4v) is 4.81. The zero-order valence-corrected chi connectivity index (χ0v) is 19.9. The highest BCUT2D eigenvalue weighted by molar-refractivity contribution is 7.12. The Kier molecular flexibility index (Phi) is 5.74.